The van der Waals surface area contributed by atoms with Crippen LogP contribution in [0.15, 0.2) is 16.9 Å². The maximum Gasteiger partial charge on any atom is 0.233 e. The lowest BCUT2D eigenvalue weighted by Crippen LogP contribution is -2.15. The number of Topliss-reactive ketones (excluding diaryl/α,β-unsaturated/α-hetero) is 1. The molecule has 0 fully saturated rings. The highest BCUT2D eigenvalue weighted by Crippen LogP contribution is 2.02. The highest BCUT2D eigenvalue weighted by Gasteiger charge is 2.08. The Morgan fingerprint density at radius 2 is 2.38 bits per heavy atom. The molecule has 0 aliphatic rings. The molecular formula is C8H10N2O3. The van der Waals surface area contributed by atoms with E-state index in [2.05, 4.69) is 15.0 Å². The molecule has 0 bridgehead atoms. The first-order valence-electron chi connectivity index (χ1n) is 3.94. The van der Waals surface area contributed by atoms with Crippen molar-refractivity contribution in [3.05, 3.63) is 12.3 Å². The molecule has 0 aliphatic carbocycles. The number of rotatable bonds is 4. The molecule has 0 aliphatic heterocycles. The van der Waals surface area contributed by atoms with Crippen LogP contribution < -0.4 is 5.32 Å². The van der Waals surface area contributed by atoms with Gasteiger partial charge >= 0.3 is 0 Å². The molecule has 0 radical (unpaired) electrons. The zero-order valence-electron chi connectivity index (χ0n) is 7.24. The number of hydrogen-bond acceptors (Lipinski definition) is 4. The summed E-state index contributed by atoms with van der Waals surface area (Å²) in [4.78, 5) is 21.9. The summed E-state index contributed by atoms with van der Waals surface area (Å²) in [7, 11) is 0. The Morgan fingerprint density at radius 1 is 1.62 bits per heavy atom. The van der Waals surface area contributed by atoms with Crippen LogP contribution in [0.1, 0.15) is 19.8 Å². The fourth-order valence-electron chi connectivity index (χ4n) is 0.768. The van der Waals surface area contributed by atoms with Gasteiger partial charge < -0.3 is 9.84 Å². The molecule has 0 spiro atoms. The van der Waals surface area contributed by atoms with E-state index in [1.165, 1.54) is 12.3 Å². The largest absolute Gasteiger partial charge is 0.363 e. The van der Waals surface area contributed by atoms with Gasteiger partial charge in [-0.05, 0) is 0 Å². The van der Waals surface area contributed by atoms with Crippen LogP contribution in [0, 0.1) is 0 Å². The molecular weight excluding hydrogens is 172 g/mol. The van der Waals surface area contributed by atoms with E-state index in [0.29, 0.717) is 12.2 Å². The number of nitrogens with zero attached hydrogens (tertiary/aromatic N) is 1. The lowest BCUT2D eigenvalue weighted by atomic mass is 10.2. The van der Waals surface area contributed by atoms with Crippen LogP contribution in [-0.2, 0) is 9.59 Å². The average molecular weight is 182 g/mol. The second kappa shape index (κ2) is 4.39. The minimum atomic E-state index is -0.360. The van der Waals surface area contributed by atoms with E-state index in [1.807, 2.05) is 0 Å². The normalized spacial score (nSPS) is 9.62. The van der Waals surface area contributed by atoms with Crippen LogP contribution in [0.5, 0.6) is 0 Å². The summed E-state index contributed by atoms with van der Waals surface area (Å²) in [6, 6.07) is 1.51. The van der Waals surface area contributed by atoms with E-state index in [4.69, 9.17) is 0 Å². The maximum absolute atomic E-state index is 11.1. The number of carbonyl (C=O) groups excluding carboxylic acids is 2. The van der Waals surface area contributed by atoms with Crippen LogP contribution in [-0.4, -0.2) is 16.8 Å². The SMILES string of the molecule is CCC(=O)CC(=O)Nc1ccon1. The summed E-state index contributed by atoms with van der Waals surface area (Å²) in [5, 5.41) is 5.89. The molecule has 1 amide bonds. The second-order valence-electron chi connectivity index (χ2n) is 2.50. The van der Waals surface area contributed by atoms with Crippen molar-refractivity contribution in [1.29, 1.82) is 0 Å². The minimum Gasteiger partial charge on any atom is -0.363 e. The van der Waals surface area contributed by atoms with Gasteiger partial charge in [0.15, 0.2) is 5.82 Å². The van der Waals surface area contributed by atoms with E-state index in [0.717, 1.165) is 0 Å². The van der Waals surface area contributed by atoms with Crippen molar-refractivity contribution in [3.8, 4) is 0 Å². The quantitative estimate of drug-likeness (QED) is 0.704. The molecule has 1 heterocycles. The third-order valence-electron chi connectivity index (χ3n) is 1.46. The van der Waals surface area contributed by atoms with E-state index in [-0.39, 0.29) is 18.1 Å². The summed E-state index contributed by atoms with van der Waals surface area (Å²) in [6.45, 7) is 1.71. The van der Waals surface area contributed by atoms with Crippen molar-refractivity contribution in [2.24, 2.45) is 0 Å². The third kappa shape index (κ3) is 3.06. The molecule has 1 N–H and O–H groups in total. The lowest BCUT2D eigenvalue weighted by Gasteiger charge is -1.98. The summed E-state index contributed by atoms with van der Waals surface area (Å²) < 4.78 is 4.50. The Morgan fingerprint density at radius 3 is 2.92 bits per heavy atom. The summed E-state index contributed by atoms with van der Waals surface area (Å²) >= 11 is 0. The van der Waals surface area contributed by atoms with Gasteiger partial charge in [0.1, 0.15) is 12.0 Å². The zero-order chi connectivity index (χ0) is 9.68. The van der Waals surface area contributed by atoms with Gasteiger partial charge in [0.2, 0.25) is 5.91 Å². The minimum absolute atomic E-state index is 0.0963. The Balaban J connectivity index is 2.38. The smallest absolute Gasteiger partial charge is 0.233 e. The van der Waals surface area contributed by atoms with Gasteiger partial charge in [-0.15, -0.1) is 0 Å². The fourth-order valence-corrected chi connectivity index (χ4v) is 0.768. The Labute approximate surface area is 75.1 Å². The highest BCUT2D eigenvalue weighted by atomic mass is 16.5. The van der Waals surface area contributed by atoms with Crippen LogP contribution in [0.4, 0.5) is 5.82 Å². The Hall–Kier alpha value is -1.65. The van der Waals surface area contributed by atoms with Gasteiger partial charge in [0, 0.05) is 12.5 Å². The third-order valence-corrected chi connectivity index (χ3v) is 1.46. The van der Waals surface area contributed by atoms with Crippen LogP contribution in [0.3, 0.4) is 0 Å². The summed E-state index contributed by atoms with van der Waals surface area (Å²) in [5.41, 5.74) is 0. The van der Waals surface area contributed by atoms with Crippen molar-refractivity contribution >= 4 is 17.5 Å². The average Bonchev–Trinajstić information content (AvgIpc) is 2.56. The molecule has 0 saturated heterocycles. The number of anilines is 1. The van der Waals surface area contributed by atoms with Gasteiger partial charge in [-0.1, -0.05) is 12.1 Å². The van der Waals surface area contributed by atoms with E-state index < -0.39 is 0 Å². The Bertz CT molecular complexity index is 292. The van der Waals surface area contributed by atoms with Gasteiger partial charge in [-0.3, -0.25) is 9.59 Å². The molecule has 1 aromatic heterocycles. The monoisotopic (exact) mass is 182 g/mol. The number of carbonyl (C=O) groups is 2. The fraction of sp³-hybridized carbons (Fsp3) is 0.375. The van der Waals surface area contributed by atoms with E-state index in [1.54, 1.807) is 6.92 Å². The first kappa shape index (κ1) is 9.44. The molecule has 0 atom stereocenters. The van der Waals surface area contributed by atoms with Crippen molar-refractivity contribution in [2.45, 2.75) is 19.8 Å². The van der Waals surface area contributed by atoms with Crippen molar-refractivity contribution in [3.63, 3.8) is 0 Å². The number of aromatic nitrogens is 1. The molecule has 70 valence electrons. The predicted octanol–water partition coefficient (Wildman–Crippen LogP) is 0.982. The zero-order valence-corrected chi connectivity index (χ0v) is 7.24. The van der Waals surface area contributed by atoms with Crippen LogP contribution in [0.2, 0.25) is 0 Å². The molecule has 13 heavy (non-hydrogen) atoms. The van der Waals surface area contributed by atoms with E-state index in [9.17, 15) is 9.59 Å². The molecule has 5 nitrogen and oxygen atoms in total. The lowest BCUT2D eigenvalue weighted by molar-refractivity contribution is -0.125. The highest BCUT2D eigenvalue weighted by molar-refractivity contribution is 6.03. The first-order chi connectivity index (χ1) is 6.22. The van der Waals surface area contributed by atoms with E-state index >= 15 is 0 Å². The summed E-state index contributed by atoms with van der Waals surface area (Å²) in [6.07, 6.45) is 1.60. The Kier molecular flexibility index (Phi) is 3.19. The predicted molar refractivity (Wildman–Crippen MR) is 45.0 cm³/mol. The molecule has 1 aromatic rings. The molecule has 0 saturated carbocycles. The van der Waals surface area contributed by atoms with Gasteiger partial charge in [0.25, 0.3) is 0 Å². The molecule has 5 heteroatoms. The summed E-state index contributed by atoms with van der Waals surface area (Å²) in [5.74, 6) is -0.129. The van der Waals surface area contributed by atoms with Gasteiger partial charge in [-0.2, -0.15) is 0 Å². The topological polar surface area (TPSA) is 72.2 Å². The van der Waals surface area contributed by atoms with Gasteiger partial charge in [-0.25, -0.2) is 0 Å². The number of amides is 1. The second-order valence-corrected chi connectivity index (χ2v) is 2.50. The van der Waals surface area contributed by atoms with Gasteiger partial charge in [0.05, 0.1) is 6.42 Å². The van der Waals surface area contributed by atoms with Crippen LogP contribution >= 0.6 is 0 Å². The standard InChI is InChI=1S/C8H10N2O3/c1-2-6(11)5-8(12)9-7-3-4-13-10-7/h3-4H,2,5H2,1H3,(H,9,10,12). The molecule has 0 aromatic carbocycles. The molecule has 1 rings (SSSR count). The number of ketones is 1. The molecule has 0 unspecified atom stereocenters. The van der Waals surface area contributed by atoms with Crippen molar-refractivity contribution in [2.75, 3.05) is 5.32 Å². The number of hydrogen-bond donors (Lipinski definition) is 1. The number of nitrogens with one attached hydrogen (secondary N) is 1. The van der Waals surface area contributed by atoms with Crippen molar-refractivity contribution in [1.82, 2.24) is 5.16 Å². The van der Waals surface area contributed by atoms with Crippen LogP contribution in [0.25, 0.3) is 0 Å². The maximum atomic E-state index is 11.1. The van der Waals surface area contributed by atoms with Crippen molar-refractivity contribution < 1.29 is 14.1 Å². The first-order valence-corrected chi connectivity index (χ1v) is 3.94.